The third-order valence-corrected chi connectivity index (χ3v) is 4.55. The predicted molar refractivity (Wildman–Crippen MR) is 91.8 cm³/mol. The summed E-state index contributed by atoms with van der Waals surface area (Å²) in [5.74, 6) is 0.949. The zero-order chi connectivity index (χ0) is 18.9. The molecule has 26 heavy (non-hydrogen) atoms. The van der Waals surface area contributed by atoms with E-state index in [0.29, 0.717) is 16.3 Å². The number of nitrogens with zero attached hydrogens (tertiary/aromatic N) is 2. The van der Waals surface area contributed by atoms with E-state index in [4.69, 9.17) is 4.42 Å². The minimum absolute atomic E-state index is 0.0511. The lowest BCUT2D eigenvalue weighted by Crippen LogP contribution is -2.26. The van der Waals surface area contributed by atoms with Gasteiger partial charge in [0.1, 0.15) is 11.5 Å². The Balaban J connectivity index is 1.73. The smallest absolute Gasteiger partial charge is 0.416 e. The Labute approximate surface area is 151 Å². The molecular weight excluding hydrogens is 365 g/mol. The normalized spacial score (nSPS) is 11.6. The molecule has 0 saturated carbocycles. The average molecular weight is 380 g/mol. The molecule has 0 aliphatic carbocycles. The molecule has 8 heteroatoms. The highest BCUT2D eigenvalue weighted by atomic mass is 32.1. The molecule has 3 rings (SSSR count). The number of thiazole rings is 1. The molecule has 0 atom stereocenters. The largest absolute Gasteiger partial charge is 0.459 e. The van der Waals surface area contributed by atoms with Crippen LogP contribution >= 0.6 is 11.3 Å². The van der Waals surface area contributed by atoms with Crippen molar-refractivity contribution in [2.24, 2.45) is 0 Å². The minimum atomic E-state index is -4.41. The maximum absolute atomic E-state index is 12.8. The lowest BCUT2D eigenvalue weighted by Gasteiger charge is -2.17. The highest BCUT2D eigenvalue weighted by Crippen LogP contribution is 2.30. The van der Waals surface area contributed by atoms with Crippen LogP contribution in [0.25, 0.3) is 10.8 Å². The Morgan fingerprint density at radius 2 is 2.04 bits per heavy atom. The average Bonchev–Trinajstić information content (AvgIpc) is 3.22. The van der Waals surface area contributed by atoms with Crippen molar-refractivity contribution in [1.82, 2.24) is 9.88 Å². The van der Waals surface area contributed by atoms with E-state index in [1.54, 1.807) is 23.6 Å². The number of carbonyl (C=O) groups excluding carboxylic acids is 1. The van der Waals surface area contributed by atoms with Gasteiger partial charge in [-0.3, -0.25) is 4.79 Å². The van der Waals surface area contributed by atoms with Crippen LogP contribution in [0.2, 0.25) is 0 Å². The number of hydrogen-bond donors (Lipinski definition) is 0. The molecule has 2 aromatic heterocycles. The number of furan rings is 1. The van der Waals surface area contributed by atoms with Crippen molar-refractivity contribution < 1.29 is 22.4 Å². The van der Waals surface area contributed by atoms with Gasteiger partial charge in [0, 0.05) is 19.0 Å². The van der Waals surface area contributed by atoms with Gasteiger partial charge in [0.25, 0.3) is 5.91 Å². The SMILES string of the molecule is Cc1ccc(-c2nc(C(=O)N(C)Cc3cccc(C(F)(F)F)c3)cs2)o1. The molecule has 0 aliphatic heterocycles. The molecule has 2 heterocycles. The fraction of sp³-hybridized carbons (Fsp3) is 0.222. The second-order valence-electron chi connectivity index (χ2n) is 5.81. The number of carbonyl (C=O) groups is 1. The number of amides is 1. The van der Waals surface area contributed by atoms with Crippen molar-refractivity contribution in [3.8, 4) is 10.8 Å². The van der Waals surface area contributed by atoms with E-state index >= 15 is 0 Å². The molecule has 1 amide bonds. The summed E-state index contributed by atoms with van der Waals surface area (Å²) in [5, 5.41) is 2.19. The van der Waals surface area contributed by atoms with Crippen LogP contribution in [-0.4, -0.2) is 22.8 Å². The minimum Gasteiger partial charge on any atom is -0.459 e. The molecular formula is C18H15F3N2O2S. The van der Waals surface area contributed by atoms with E-state index in [1.165, 1.54) is 29.4 Å². The Morgan fingerprint density at radius 1 is 1.27 bits per heavy atom. The van der Waals surface area contributed by atoms with E-state index in [1.807, 2.05) is 6.92 Å². The van der Waals surface area contributed by atoms with Crippen molar-refractivity contribution in [3.63, 3.8) is 0 Å². The lowest BCUT2D eigenvalue weighted by molar-refractivity contribution is -0.137. The zero-order valence-electron chi connectivity index (χ0n) is 14.0. The Bertz CT molecular complexity index is 930. The molecule has 0 unspecified atom stereocenters. The first-order chi connectivity index (χ1) is 12.2. The van der Waals surface area contributed by atoms with Gasteiger partial charge in [-0.2, -0.15) is 13.2 Å². The topological polar surface area (TPSA) is 46.3 Å². The lowest BCUT2D eigenvalue weighted by atomic mass is 10.1. The van der Waals surface area contributed by atoms with Crippen LogP contribution in [0.4, 0.5) is 13.2 Å². The molecule has 0 saturated heterocycles. The second-order valence-corrected chi connectivity index (χ2v) is 6.67. The molecule has 0 aliphatic rings. The summed E-state index contributed by atoms with van der Waals surface area (Å²) < 4.78 is 43.9. The molecule has 0 N–H and O–H groups in total. The van der Waals surface area contributed by atoms with Gasteiger partial charge in [-0.1, -0.05) is 12.1 Å². The molecule has 3 aromatic rings. The number of alkyl halides is 3. The van der Waals surface area contributed by atoms with E-state index in [0.717, 1.165) is 17.9 Å². The summed E-state index contributed by atoms with van der Waals surface area (Å²) in [6.07, 6.45) is -4.41. The van der Waals surface area contributed by atoms with Gasteiger partial charge in [-0.05, 0) is 36.8 Å². The fourth-order valence-electron chi connectivity index (χ4n) is 2.42. The molecule has 0 radical (unpaired) electrons. The van der Waals surface area contributed by atoms with Crippen LogP contribution in [0, 0.1) is 6.92 Å². The standard InChI is InChI=1S/C18H15F3N2O2S/c1-11-6-7-15(25-11)16-22-14(10-26-16)17(24)23(2)9-12-4-3-5-13(8-12)18(19,20)21/h3-8,10H,9H2,1-2H3. The number of aryl methyl sites for hydroxylation is 1. The van der Waals surface area contributed by atoms with E-state index < -0.39 is 11.7 Å². The van der Waals surface area contributed by atoms with Gasteiger partial charge < -0.3 is 9.32 Å². The number of hydrogen-bond acceptors (Lipinski definition) is 4. The first-order valence-electron chi connectivity index (χ1n) is 7.68. The van der Waals surface area contributed by atoms with Gasteiger partial charge >= 0.3 is 6.18 Å². The van der Waals surface area contributed by atoms with Gasteiger partial charge in [0.2, 0.25) is 0 Å². The van der Waals surface area contributed by atoms with E-state index in [9.17, 15) is 18.0 Å². The third-order valence-electron chi connectivity index (χ3n) is 3.70. The Hall–Kier alpha value is -2.61. The number of aromatic nitrogens is 1. The molecule has 1 aromatic carbocycles. The number of halogens is 3. The van der Waals surface area contributed by atoms with Gasteiger partial charge in [-0.15, -0.1) is 11.3 Å². The molecule has 136 valence electrons. The van der Waals surface area contributed by atoms with Crippen LogP contribution in [0.15, 0.2) is 46.2 Å². The van der Waals surface area contributed by atoms with Crippen molar-refractivity contribution >= 4 is 17.2 Å². The summed E-state index contributed by atoms with van der Waals surface area (Å²) >= 11 is 1.27. The highest BCUT2D eigenvalue weighted by Gasteiger charge is 2.30. The van der Waals surface area contributed by atoms with Crippen molar-refractivity contribution in [3.05, 3.63) is 64.4 Å². The van der Waals surface area contributed by atoms with Crippen molar-refractivity contribution in [1.29, 1.82) is 0 Å². The van der Waals surface area contributed by atoms with Crippen LogP contribution in [0.3, 0.4) is 0 Å². The Morgan fingerprint density at radius 3 is 2.69 bits per heavy atom. The van der Waals surface area contributed by atoms with Gasteiger partial charge in [0.05, 0.1) is 5.56 Å². The van der Waals surface area contributed by atoms with E-state index in [2.05, 4.69) is 4.98 Å². The first-order valence-corrected chi connectivity index (χ1v) is 8.56. The molecule has 0 fully saturated rings. The summed E-state index contributed by atoms with van der Waals surface area (Å²) in [6.45, 7) is 1.86. The van der Waals surface area contributed by atoms with Crippen molar-refractivity contribution in [2.45, 2.75) is 19.6 Å². The summed E-state index contributed by atoms with van der Waals surface area (Å²) in [7, 11) is 1.53. The van der Waals surface area contributed by atoms with Crippen molar-refractivity contribution in [2.75, 3.05) is 7.05 Å². The van der Waals surface area contributed by atoms with Gasteiger partial charge in [0.15, 0.2) is 10.8 Å². The summed E-state index contributed by atoms with van der Waals surface area (Å²) in [4.78, 5) is 18.1. The third kappa shape index (κ3) is 3.96. The number of rotatable bonds is 4. The summed E-state index contributed by atoms with van der Waals surface area (Å²) in [6, 6.07) is 8.51. The monoisotopic (exact) mass is 380 g/mol. The number of benzene rings is 1. The maximum Gasteiger partial charge on any atom is 0.416 e. The molecule has 0 bridgehead atoms. The Kier molecular flexibility index (Phi) is 4.86. The van der Waals surface area contributed by atoms with Crippen LogP contribution in [0.1, 0.15) is 27.4 Å². The maximum atomic E-state index is 12.8. The van der Waals surface area contributed by atoms with Crippen LogP contribution in [-0.2, 0) is 12.7 Å². The molecule has 0 spiro atoms. The second kappa shape index (κ2) is 6.95. The van der Waals surface area contributed by atoms with Crippen LogP contribution < -0.4 is 0 Å². The van der Waals surface area contributed by atoms with E-state index in [-0.39, 0.29) is 18.1 Å². The first kappa shape index (κ1) is 18.2. The predicted octanol–water partition coefficient (Wildman–Crippen LogP) is 5.00. The van der Waals surface area contributed by atoms with Gasteiger partial charge in [-0.25, -0.2) is 4.98 Å². The zero-order valence-corrected chi connectivity index (χ0v) is 14.8. The quantitative estimate of drug-likeness (QED) is 0.640. The molecule has 4 nitrogen and oxygen atoms in total. The van der Waals surface area contributed by atoms with Crippen LogP contribution in [0.5, 0.6) is 0 Å². The summed E-state index contributed by atoms with van der Waals surface area (Å²) in [5.41, 5.74) is -0.110. The fourth-order valence-corrected chi connectivity index (χ4v) is 3.18. The highest BCUT2D eigenvalue weighted by molar-refractivity contribution is 7.13.